The van der Waals surface area contributed by atoms with Gasteiger partial charge in [0.25, 0.3) is 0 Å². The van der Waals surface area contributed by atoms with Crippen molar-refractivity contribution in [2.75, 3.05) is 19.3 Å². The molecular formula is C15H24N2S. The maximum absolute atomic E-state index is 6.03. The number of thioether (sulfide) groups is 1. The molecule has 3 heteroatoms. The molecule has 18 heavy (non-hydrogen) atoms. The highest BCUT2D eigenvalue weighted by molar-refractivity contribution is 7.98. The third-order valence-electron chi connectivity index (χ3n) is 4.02. The Bertz CT molecular complexity index is 363. The molecule has 1 heterocycles. The van der Waals surface area contributed by atoms with Crippen LogP contribution in [0.4, 0.5) is 0 Å². The van der Waals surface area contributed by atoms with E-state index < -0.39 is 0 Å². The Morgan fingerprint density at radius 1 is 1.39 bits per heavy atom. The van der Waals surface area contributed by atoms with Crippen molar-refractivity contribution >= 4 is 11.8 Å². The van der Waals surface area contributed by atoms with Gasteiger partial charge in [0.2, 0.25) is 0 Å². The summed E-state index contributed by atoms with van der Waals surface area (Å²) < 4.78 is 0. The van der Waals surface area contributed by atoms with Crippen LogP contribution in [-0.2, 0) is 0 Å². The first kappa shape index (κ1) is 13.9. The standard InChI is InChI=1S/C15H24N2S/c1-3-13-5-4-10-17(13)15(11-16)12-6-8-14(18-2)9-7-12/h6-9,13,15H,3-5,10-11,16H2,1-2H3. The third kappa shape index (κ3) is 2.90. The summed E-state index contributed by atoms with van der Waals surface area (Å²) in [5.74, 6) is 0. The van der Waals surface area contributed by atoms with Gasteiger partial charge in [-0.05, 0) is 49.8 Å². The lowest BCUT2D eigenvalue weighted by Gasteiger charge is -2.32. The number of hydrogen-bond donors (Lipinski definition) is 1. The van der Waals surface area contributed by atoms with Crippen molar-refractivity contribution in [1.82, 2.24) is 4.90 Å². The number of nitrogens with two attached hydrogens (primary N) is 1. The van der Waals surface area contributed by atoms with Gasteiger partial charge >= 0.3 is 0 Å². The fourth-order valence-corrected chi connectivity index (χ4v) is 3.40. The van der Waals surface area contributed by atoms with Gasteiger partial charge in [-0.2, -0.15) is 0 Å². The van der Waals surface area contributed by atoms with Crippen LogP contribution >= 0.6 is 11.8 Å². The second-order valence-electron chi connectivity index (χ2n) is 4.97. The van der Waals surface area contributed by atoms with Gasteiger partial charge in [-0.3, -0.25) is 4.90 Å². The highest BCUT2D eigenvalue weighted by Crippen LogP contribution is 2.31. The maximum atomic E-state index is 6.03. The fourth-order valence-electron chi connectivity index (χ4n) is 3.00. The molecule has 1 aliphatic heterocycles. The smallest absolute Gasteiger partial charge is 0.0473 e. The van der Waals surface area contributed by atoms with Crippen LogP contribution in [0.2, 0.25) is 0 Å². The largest absolute Gasteiger partial charge is 0.329 e. The summed E-state index contributed by atoms with van der Waals surface area (Å²) in [5, 5.41) is 0. The second kappa shape index (κ2) is 6.60. The van der Waals surface area contributed by atoms with E-state index in [0.29, 0.717) is 6.04 Å². The maximum Gasteiger partial charge on any atom is 0.0473 e. The molecule has 1 fully saturated rings. The van der Waals surface area contributed by atoms with E-state index in [1.165, 1.54) is 36.3 Å². The summed E-state index contributed by atoms with van der Waals surface area (Å²) >= 11 is 1.79. The van der Waals surface area contributed by atoms with E-state index >= 15 is 0 Å². The molecule has 100 valence electrons. The SMILES string of the molecule is CCC1CCCN1C(CN)c1ccc(SC)cc1. The Hall–Kier alpha value is -0.510. The minimum absolute atomic E-state index is 0.397. The summed E-state index contributed by atoms with van der Waals surface area (Å²) in [6, 6.07) is 10.0. The average molecular weight is 264 g/mol. The van der Waals surface area contributed by atoms with Gasteiger partial charge in [-0.25, -0.2) is 0 Å². The number of likely N-dealkylation sites (tertiary alicyclic amines) is 1. The van der Waals surface area contributed by atoms with Crippen LogP contribution in [0.3, 0.4) is 0 Å². The molecule has 2 nitrogen and oxygen atoms in total. The monoisotopic (exact) mass is 264 g/mol. The molecule has 1 aromatic rings. The molecule has 0 radical (unpaired) electrons. The summed E-state index contributed by atoms with van der Waals surface area (Å²) in [6.45, 7) is 4.20. The van der Waals surface area contributed by atoms with Gasteiger partial charge in [-0.15, -0.1) is 11.8 Å². The quantitative estimate of drug-likeness (QED) is 0.828. The molecule has 1 aliphatic rings. The van der Waals surface area contributed by atoms with Gasteiger partial charge in [-0.1, -0.05) is 19.1 Å². The molecular weight excluding hydrogens is 240 g/mol. The van der Waals surface area contributed by atoms with Gasteiger partial charge in [0.05, 0.1) is 0 Å². The minimum atomic E-state index is 0.397. The summed E-state index contributed by atoms with van der Waals surface area (Å²) in [5.41, 5.74) is 7.40. The van der Waals surface area contributed by atoms with E-state index in [0.717, 1.165) is 12.6 Å². The van der Waals surface area contributed by atoms with Crippen molar-refractivity contribution in [3.05, 3.63) is 29.8 Å². The zero-order chi connectivity index (χ0) is 13.0. The van der Waals surface area contributed by atoms with E-state index in [2.05, 4.69) is 42.3 Å². The van der Waals surface area contributed by atoms with Crippen LogP contribution in [0.1, 0.15) is 37.8 Å². The minimum Gasteiger partial charge on any atom is -0.329 e. The van der Waals surface area contributed by atoms with Crippen molar-refractivity contribution in [1.29, 1.82) is 0 Å². The Morgan fingerprint density at radius 3 is 2.67 bits per heavy atom. The lowest BCUT2D eigenvalue weighted by molar-refractivity contribution is 0.180. The number of benzene rings is 1. The molecule has 0 aromatic heterocycles. The van der Waals surface area contributed by atoms with E-state index in [-0.39, 0.29) is 0 Å². The Balaban J connectivity index is 2.16. The summed E-state index contributed by atoms with van der Waals surface area (Å²) in [7, 11) is 0. The molecule has 0 spiro atoms. The fraction of sp³-hybridized carbons (Fsp3) is 0.600. The zero-order valence-corrected chi connectivity index (χ0v) is 12.2. The summed E-state index contributed by atoms with van der Waals surface area (Å²) in [4.78, 5) is 3.93. The molecule has 1 aromatic carbocycles. The van der Waals surface area contributed by atoms with Crippen molar-refractivity contribution < 1.29 is 0 Å². The molecule has 0 amide bonds. The first-order valence-electron chi connectivity index (χ1n) is 6.90. The van der Waals surface area contributed by atoms with E-state index in [4.69, 9.17) is 5.73 Å². The highest BCUT2D eigenvalue weighted by Gasteiger charge is 2.29. The van der Waals surface area contributed by atoms with Crippen LogP contribution in [0, 0.1) is 0 Å². The molecule has 2 atom stereocenters. The highest BCUT2D eigenvalue weighted by atomic mass is 32.2. The van der Waals surface area contributed by atoms with Crippen molar-refractivity contribution in [3.63, 3.8) is 0 Å². The van der Waals surface area contributed by atoms with Gasteiger partial charge in [0, 0.05) is 23.5 Å². The number of hydrogen-bond acceptors (Lipinski definition) is 3. The molecule has 2 N–H and O–H groups in total. The molecule has 0 bridgehead atoms. The molecule has 2 rings (SSSR count). The van der Waals surface area contributed by atoms with Crippen LogP contribution in [-0.4, -0.2) is 30.3 Å². The van der Waals surface area contributed by atoms with E-state index in [1.54, 1.807) is 11.8 Å². The summed E-state index contributed by atoms with van der Waals surface area (Å²) in [6.07, 6.45) is 6.00. The van der Waals surface area contributed by atoms with Crippen molar-refractivity contribution in [2.24, 2.45) is 5.73 Å². The number of nitrogens with zero attached hydrogens (tertiary/aromatic N) is 1. The molecule has 0 saturated carbocycles. The molecule has 0 aliphatic carbocycles. The normalized spacial score (nSPS) is 22.3. The van der Waals surface area contributed by atoms with E-state index in [1.807, 2.05) is 0 Å². The van der Waals surface area contributed by atoms with Crippen molar-refractivity contribution in [3.8, 4) is 0 Å². The van der Waals surface area contributed by atoms with Crippen LogP contribution in [0.5, 0.6) is 0 Å². The predicted octanol–water partition coefficient (Wildman–Crippen LogP) is 3.28. The van der Waals surface area contributed by atoms with Gasteiger partial charge in [0.1, 0.15) is 0 Å². The Kier molecular flexibility index (Phi) is 5.10. The van der Waals surface area contributed by atoms with Crippen LogP contribution in [0.25, 0.3) is 0 Å². The van der Waals surface area contributed by atoms with E-state index in [9.17, 15) is 0 Å². The lowest BCUT2D eigenvalue weighted by atomic mass is 10.0. The zero-order valence-electron chi connectivity index (χ0n) is 11.4. The molecule has 2 unspecified atom stereocenters. The first-order chi connectivity index (χ1) is 8.80. The first-order valence-corrected chi connectivity index (χ1v) is 8.12. The van der Waals surface area contributed by atoms with Crippen LogP contribution in [0.15, 0.2) is 29.2 Å². The lowest BCUT2D eigenvalue weighted by Crippen LogP contribution is -2.37. The Labute approximate surface area is 115 Å². The predicted molar refractivity (Wildman–Crippen MR) is 80.0 cm³/mol. The van der Waals surface area contributed by atoms with Gasteiger partial charge in [0.15, 0.2) is 0 Å². The van der Waals surface area contributed by atoms with Crippen molar-refractivity contribution in [2.45, 2.75) is 43.2 Å². The topological polar surface area (TPSA) is 29.3 Å². The average Bonchev–Trinajstić information content (AvgIpc) is 2.89. The molecule has 1 saturated heterocycles. The van der Waals surface area contributed by atoms with Crippen LogP contribution < -0.4 is 5.73 Å². The third-order valence-corrected chi connectivity index (χ3v) is 4.76. The second-order valence-corrected chi connectivity index (χ2v) is 5.85. The Morgan fingerprint density at radius 2 is 2.11 bits per heavy atom. The number of rotatable bonds is 5. The van der Waals surface area contributed by atoms with Gasteiger partial charge < -0.3 is 5.73 Å².